The van der Waals surface area contributed by atoms with Crippen LogP contribution >= 0.6 is 0 Å². The van der Waals surface area contributed by atoms with Crippen molar-refractivity contribution in [1.82, 2.24) is 15.1 Å². The van der Waals surface area contributed by atoms with Crippen LogP contribution in [0, 0.1) is 5.41 Å². The first-order chi connectivity index (χ1) is 9.99. The van der Waals surface area contributed by atoms with Gasteiger partial charge in [-0.1, -0.05) is 20.8 Å². The number of rotatable bonds is 3. The van der Waals surface area contributed by atoms with Crippen molar-refractivity contribution in [2.24, 2.45) is 5.41 Å². The van der Waals surface area contributed by atoms with Gasteiger partial charge in [0.25, 0.3) is 0 Å². The number of nitrogens with one attached hydrogen (secondary N) is 1. The van der Waals surface area contributed by atoms with Gasteiger partial charge in [0.1, 0.15) is 5.60 Å². The van der Waals surface area contributed by atoms with E-state index >= 15 is 0 Å². The smallest absolute Gasteiger partial charge is 0.410 e. The summed E-state index contributed by atoms with van der Waals surface area (Å²) < 4.78 is 5.37. The third kappa shape index (κ3) is 6.64. The Hall–Kier alpha value is -1.30. The minimum Gasteiger partial charge on any atom is -0.444 e. The second-order valence-electron chi connectivity index (χ2n) is 7.81. The van der Waals surface area contributed by atoms with E-state index in [1.54, 1.807) is 4.90 Å². The molecule has 0 radical (unpaired) electrons. The summed E-state index contributed by atoms with van der Waals surface area (Å²) in [7, 11) is 0. The zero-order chi connectivity index (χ0) is 17.0. The second kappa shape index (κ2) is 7.31. The highest BCUT2D eigenvalue weighted by atomic mass is 16.6. The van der Waals surface area contributed by atoms with Gasteiger partial charge < -0.3 is 15.0 Å². The lowest BCUT2D eigenvalue weighted by Crippen LogP contribution is -2.51. The van der Waals surface area contributed by atoms with Crippen LogP contribution in [0.3, 0.4) is 0 Å². The summed E-state index contributed by atoms with van der Waals surface area (Å²) in [5.41, 5.74) is -0.805. The van der Waals surface area contributed by atoms with Crippen LogP contribution in [0.25, 0.3) is 0 Å². The highest BCUT2D eigenvalue weighted by molar-refractivity contribution is 5.81. The molecule has 1 heterocycles. The zero-order valence-corrected chi connectivity index (χ0v) is 14.9. The molecule has 1 fully saturated rings. The lowest BCUT2D eigenvalue weighted by atomic mass is 9.96. The number of nitrogens with zero attached hydrogens (tertiary/aromatic N) is 2. The Morgan fingerprint density at radius 3 is 2.00 bits per heavy atom. The highest BCUT2D eigenvalue weighted by Crippen LogP contribution is 2.13. The molecule has 0 aromatic heterocycles. The van der Waals surface area contributed by atoms with Gasteiger partial charge in [0, 0.05) is 44.7 Å². The molecule has 128 valence electrons. The Labute approximate surface area is 134 Å². The molecule has 0 unspecified atom stereocenters. The van der Waals surface area contributed by atoms with Crippen molar-refractivity contribution >= 4 is 12.0 Å². The summed E-state index contributed by atoms with van der Waals surface area (Å²) in [6.45, 7) is 15.7. The van der Waals surface area contributed by atoms with Crippen LogP contribution in [0.1, 0.15) is 41.5 Å². The van der Waals surface area contributed by atoms with Crippen LogP contribution in [0.4, 0.5) is 4.79 Å². The van der Waals surface area contributed by atoms with E-state index in [-0.39, 0.29) is 17.4 Å². The minimum atomic E-state index is -0.453. The number of hydrogen-bond donors (Lipinski definition) is 1. The van der Waals surface area contributed by atoms with Crippen LogP contribution in [0.15, 0.2) is 0 Å². The average Bonchev–Trinajstić information content (AvgIpc) is 2.36. The molecule has 0 bridgehead atoms. The summed E-state index contributed by atoms with van der Waals surface area (Å²) >= 11 is 0. The van der Waals surface area contributed by atoms with E-state index in [2.05, 4.69) is 10.2 Å². The van der Waals surface area contributed by atoms with Crippen molar-refractivity contribution in [3.05, 3.63) is 0 Å². The van der Waals surface area contributed by atoms with Gasteiger partial charge in [-0.05, 0) is 20.8 Å². The van der Waals surface area contributed by atoms with Gasteiger partial charge in [-0.15, -0.1) is 0 Å². The molecule has 0 aromatic carbocycles. The van der Waals surface area contributed by atoms with Crippen LogP contribution in [0.2, 0.25) is 0 Å². The lowest BCUT2D eigenvalue weighted by Gasteiger charge is -2.35. The van der Waals surface area contributed by atoms with E-state index in [4.69, 9.17) is 4.74 Å². The topological polar surface area (TPSA) is 61.9 Å². The molecule has 1 aliphatic heterocycles. The molecule has 1 aliphatic rings. The maximum absolute atomic E-state index is 12.0. The van der Waals surface area contributed by atoms with Gasteiger partial charge in [-0.2, -0.15) is 0 Å². The largest absolute Gasteiger partial charge is 0.444 e. The van der Waals surface area contributed by atoms with Crippen molar-refractivity contribution in [3.63, 3.8) is 0 Å². The molecule has 22 heavy (non-hydrogen) atoms. The van der Waals surface area contributed by atoms with E-state index in [0.29, 0.717) is 19.6 Å². The zero-order valence-electron chi connectivity index (χ0n) is 14.9. The Morgan fingerprint density at radius 2 is 1.55 bits per heavy atom. The minimum absolute atomic E-state index is 0.0693. The first-order valence-corrected chi connectivity index (χ1v) is 7.97. The fraction of sp³-hybridized carbons (Fsp3) is 0.875. The normalized spacial score (nSPS) is 17.3. The number of carbonyl (C=O) groups is 2. The van der Waals surface area contributed by atoms with Crippen LogP contribution < -0.4 is 5.32 Å². The van der Waals surface area contributed by atoms with Crippen molar-refractivity contribution in [1.29, 1.82) is 0 Å². The Bertz CT molecular complexity index is 388. The molecule has 2 amide bonds. The Kier molecular flexibility index (Phi) is 6.23. The standard InChI is InChI=1S/C16H31N3O3/c1-15(2,3)13(20)17-7-8-18-9-11-19(12-10-18)14(21)22-16(4,5)6/h7-12H2,1-6H3,(H,17,20). The van der Waals surface area contributed by atoms with Crippen LogP contribution in [0.5, 0.6) is 0 Å². The van der Waals surface area contributed by atoms with E-state index in [0.717, 1.165) is 19.6 Å². The number of carbonyl (C=O) groups excluding carboxylic acids is 2. The van der Waals surface area contributed by atoms with Gasteiger partial charge in [0.2, 0.25) is 5.91 Å². The number of amides is 2. The third-order valence-corrected chi connectivity index (χ3v) is 3.42. The number of piperazine rings is 1. The molecular formula is C16H31N3O3. The fourth-order valence-electron chi connectivity index (χ4n) is 2.07. The molecular weight excluding hydrogens is 282 g/mol. The van der Waals surface area contributed by atoms with Gasteiger partial charge in [0.15, 0.2) is 0 Å². The molecule has 1 N–H and O–H groups in total. The quantitative estimate of drug-likeness (QED) is 0.861. The maximum Gasteiger partial charge on any atom is 0.410 e. The van der Waals surface area contributed by atoms with Gasteiger partial charge in [-0.25, -0.2) is 4.79 Å². The van der Waals surface area contributed by atoms with Crippen LogP contribution in [-0.4, -0.2) is 66.7 Å². The first kappa shape index (κ1) is 18.7. The van der Waals surface area contributed by atoms with Gasteiger partial charge in [0.05, 0.1) is 0 Å². The second-order valence-corrected chi connectivity index (χ2v) is 7.81. The summed E-state index contributed by atoms with van der Waals surface area (Å²) in [6, 6.07) is 0. The van der Waals surface area contributed by atoms with E-state index in [1.807, 2.05) is 41.5 Å². The molecule has 1 rings (SSSR count). The van der Waals surface area contributed by atoms with E-state index in [1.165, 1.54) is 0 Å². The Morgan fingerprint density at radius 1 is 1.00 bits per heavy atom. The fourth-order valence-corrected chi connectivity index (χ4v) is 2.07. The molecule has 0 atom stereocenters. The summed E-state index contributed by atoms with van der Waals surface area (Å²) in [5.74, 6) is 0.0693. The van der Waals surface area contributed by atoms with Crippen molar-refractivity contribution < 1.29 is 14.3 Å². The maximum atomic E-state index is 12.0. The molecule has 0 aliphatic carbocycles. The predicted octanol–water partition coefficient (Wildman–Crippen LogP) is 1.70. The monoisotopic (exact) mass is 313 g/mol. The van der Waals surface area contributed by atoms with Crippen molar-refractivity contribution in [3.8, 4) is 0 Å². The average molecular weight is 313 g/mol. The SMILES string of the molecule is CC(C)(C)OC(=O)N1CCN(CCNC(=O)C(C)(C)C)CC1. The lowest BCUT2D eigenvalue weighted by molar-refractivity contribution is -0.128. The van der Waals surface area contributed by atoms with E-state index in [9.17, 15) is 9.59 Å². The van der Waals surface area contributed by atoms with E-state index < -0.39 is 5.60 Å². The third-order valence-electron chi connectivity index (χ3n) is 3.42. The molecule has 6 nitrogen and oxygen atoms in total. The Balaban J connectivity index is 2.26. The molecule has 0 spiro atoms. The van der Waals surface area contributed by atoms with Gasteiger partial charge in [-0.3, -0.25) is 9.69 Å². The predicted molar refractivity (Wildman–Crippen MR) is 86.7 cm³/mol. The molecule has 1 saturated heterocycles. The molecule has 6 heteroatoms. The summed E-state index contributed by atoms with van der Waals surface area (Å²) in [6.07, 6.45) is -0.242. The summed E-state index contributed by atoms with van der Waals surface area (Å²) in [5, 5.41) is 2.95. The highest BCUT2D eigenvalue weighted by Gasteiger charge is 2.26. The number of hydrogen-bond acceptors (Lipinski definition) is 4. The molecule has 0 saturated carbocycles. The van der Waals surface area contributed by atoms with Crippen molar-refractivity contribution in [2.45, 2.75) is 47.1 Å². The first-order valence-electron chi connectivity index (χ1n) is 7.97. The number of ether oxygens (including phenoxy) is 1. The van der Waals surface area contributed by atoms with Crippen LogP contribution in [-0.2, 0) is 9.53 Å². The summed E-state index contributed by atoms with van der Waals surface area (Å²) in [4.78, 5) is 27.7. The van der Waals surface area contributed by atoms with Crippen molar-refractivity contribution in [2.75, 3.05) is 39.3 Å². The van der Waals surface area contributed by atoms with Gasteiger partial charge >= 0.3 is 6.09 Å². The molecule has 0 aromatic rings.